The molecular formula is C16H22BN2O3. The predicted molar refractivity (Wildman–Crippen MR) is 85.6 cm³/mol. The molecule has 2 N–H and O–H groups in total. The standard InChI is InChI=1S/C16H22BN2O3/c1-10-15(4-3-12-5-6-17-22-16(10)12)21-13-7-19(8-13)9-14(18)11(2)20/h3-4,13-14H,5-9,18H2,1-2H3. The Balaban J connectivity index is 1.56. The van der Waals surface area contributed by atoms with Gasteiger partial charge in [0.25, 0.3) is 0 Å². The third-order valence-corrected chi connectivity index (χ3v) is 4.36. The lowest BCUT2D eigenvalue weighted by molar-refractivity contribution is -0.119. The van der Waals surface area contributed by atoms with Gasteiger partial charge < -0.3 is 15.1 Å². The van der Waals surface area contributed by atoms with E-state index in [0.717, 1.165) is 42.9 Å². The van der Waals surface area contributed by atoms with Crippen LogP contribution in [0.3, 0.4) is 0 Å². The summed E-state index contributed by atoms with van der Waals surface area (Å²) in [4.78, 5) is 13.3. The third-order valence-electron chi connectivity index (χ3n) is 4.36. The van der Waals surface area contributed by atoms with Gasteiger partial charge >= 0.3 is 7.48 Å². The maximum absolute atomic E-state index is 11.2. The smallest absolute Gasteiger partial charge is 0.370 e. The van der Waals surface area contributed by atoms with E-state index in [4.69, 9.17) is 15.1 Å². The van der Waals surface area contributed by atoms with Gasteiger partial charge in [0.05, 0.1) is 6.04 Å². The molecule has 2 aliphatic heterocycles. The summed E-state index contributed by atoms with van der Waals surface area (Å²) in [5.41, 5.74) is 8.08. The lowest BCUT2D eigenvalue weighted by Crippen LogP contribution is -2.57. The highest BCUT2D eigenvalue weighted by Crippen LogP contribution is 2.35. The number of ketones is 1. The van der Waals surface area contributed by atoms with Gasteiger partial charge in [0.1, 0.15) is 23.4 Å². The zero-order chi connectivity index (χ0) is 15.7. The Hall–Kier alpha value is -1.53. The van der Waals surface area contributed by atoms with Gasteiger partial charge in [-0.3, -0.25) is 9.69 Å². The molecule has 1 aromatic carbocycles. The van der Waals surface area contributed by atoms with Crippen molar-refractivity contribution < 1.29 is 14.2 Å². The summed E-state index contributed by atoms with van der Waals surface area (Å²) in [6.45, 7) is 5.80. The van der Waals surface area contributed by atoms with Gasteiger partial charge in [-0.1, -0.05) is 6.07 Å². The van der Waals surface area contributed by atoms with Crippen LogP contribution in [0.5, 0.6) is 11.5 Å². The van der Waals surface area contributed by atoms with Crippen LogP contribution in [-0.4, -0.2) is 49.9 Å². The predicted octanol–water partition coefficient (Wildman–Crippen LogP) is 0.947. The number of likely N-dealkylation sites (tertiary alicyclic amines) is 1. The number of nitrogens with zero attached hydrogens (tertiary/aromatic N) is 1. The number of hydrogen-bond donors (Lipinski definition) is 1. The summed E-state index contributed by atoms with van der Waals surface area (Å²) in [5, 5.41) is 0. The van der Waals surface area contributed by atoms with Crippen LogP contribution in [0.15, 0.2) is 12.1 Å². The van der Waals surface area contributed by atoms with Gasteiger partial charge in [0, 0.05) is 25.2 Å². The van der Waals surface area contributed by atoms with Crippen LogP contribution in [-0.2, 0) is 11.2 Å². The summed E-state index contributed by atoms with van der Waals surface area (Å²) in [6.07, 6.45) is 2.14. The van der Waals surface area contributed by atoms with Gasteiger partial charge in [0.15, 0.2) is 0 Å². The molecule has 1 fully saturated rings. The molecule has 22 heavy (non-hydrogen) atoms. The number of hydrogen-bond acceptors (Lipinski definition) is 5. The minimum Gasteiger partial charge on any atom is -0.563 e. The Kier molecular flexibility index (Phi) is 4.40. The zero-order valence-corrected chi connectivity index (χ0v) is 13.2. The fourth-order valence-electron chi connectivity index (χ4n) is 2.91. The Morgan fingerprint density at radius 1 is 1.55 bits per heavy atom. The second-order valence-electron chi connectivity index (χ2n) is 6.18. The summed E-state index contributed by atoms with van der Waals surface area (Å²) >= 11 is 0. The molecule has 0 spiro atoms. The Morgan fingerprint density at radius 3 is 3.05 bits per heavy atom. The average molecular weight is 301 g/mol. The number of aryl methyl sites for hydroxylation is 1. The molecule has 1 saturated heterocycles. The highest BCUT2D eigenvalue weighted by molar-refractivity contribution is 6.29. The van der Waals surface area contributed by atoms with Crippen molar-refractivity contribution in [1.82, 2.24) is 4.90 Å². The van der Waals surface area contributed by atoms with Gasteiger partial charge in [-0.05, 0) is 38.2 Å². The van der Waals surface area contributed by atoms with Crippen molar-refractivity contribution in [3.8, 4) is 11.5 Å². The van der Waals surface area contributed by atoms with E-state index in [0.29, 0.717) is 6.54 Å². The van der Waals surface area contributed by atoms with Crippen LogP contribution in [0.25, 0.3) is 0 Å². The second kappa shape index (κ2) is 6.30. The number of rotatable bonds is 5. The highest BCUT2D eigenvalue weighted by Gasteiger charge is 2.31. The van der Waals surface area contributed by atoms with Gasteiger partial charge in [0.2, 0.25) is 0 Å². The molecule has 1 aromatic rings. The lowest BCUT2D eigenvalue weighted by atomic mass is 9.85. The SMILES string of the molecule is CC(=O)C(N)CN1CC(Oc2ccc3c(c2C)O[B]CC3)C1. The van der Waals surface area contributed by atoms with E-state index in [1.807, 2.05) is 20.5 Å². The molecule has 1 atom stereocenters. The van der Waals surface area contributed by atoms with E-state index in [2.05, 4.69) is 11.0 Å². The number of carbonyl (C=O) groups is 1. The minimum absolute atomic E-state index is 0.0308. The van der Waals surface area contributed by atoms with E-state index in [9.17, 15) is 4.79 Å². The Morgan fingerprint density at radius 2 is 2.32 bits per heavy atom. The molecule has 0 bridgehead atoms. The van der Waals surface area contributed by atoms with Gasteiger partial charge in [-0.25, -0.2) is 0 Å². The molecule has 3 rings (SSSR count). The van der Waals surface area contributed by atoms with Crippen LogP contribution >= 0.6 is 0 Å². The first kappa shape index (κ1) is 15.4. The summed E-state index contributed by atoms with van der Waals surface area (Å²) in [5.74, 6) is 1.86. The fraction of sp³-hybridized carbons (Fsp3) is 0.562. The minimum atomic E-state index is -0.393. The number of Topliss-reactive ketones (excluding diaryl/α,β-unsaturated/α-hetero) is 1. The van der Waals surface area contributed by atoms with E-state index in [-0.39, 0.29) is 11.9 Å². The maximum Gasteiger partial charge on any atom is 0.370 e. The van der Waals surface area contributed by atoms with Crippen LogP contribution < -0.4 is 15.1 Å². The summed E-state index contributed by atoms with van der Waals surface area (Å²) in [6, 6.07) is 3.73. The lowest BCUT2D eigenvalue weighted by Gasteiger charge is -2.40. The highest BCUT2D eigenvalue weighted by atomic mass is 16.5. The van der Waals surface area contributed by atoms with Crippen LogP contribution in [0.2, 0.25) is 6.32 Å². The van der Waals surface area contributed by atoms with Crippen molar-refractivity contribution in [1.29, 1.82) is 0 Å². The molecule has 6 heteroatoms. The number of ether oxygens (including phenoxy) is 1. The molecule has 1 unspecified atom stereocenters. The van der Waals surface area contributed by atoms with Crippen molar-refractivity contribution >= 4 is 13.3 Å². The number of carbonyl (C=O) groups excluding carboxylic acids is 1. The molecule has 0 aliphatic carbocycles. The molecule has 0 saturated carbocycles. The molecule has 0 aromatic heterocycles. The van der Waals surface area contributed by atoms with E-state index >= 15 is 0 Å². The zero-order valence-electron chi connectivity index (χ0n) is 13.2. The van der Waals surface area contributed by atoms with E-state index in [1.54, 1.807) is 0 Å². The maximum atomic E-state index is 11.2. The van der Waals surface area contributed by atoms with E-state index < -0.39 is 6.04 Å². The largest absolute Gasteiger partial charge is 0.563 e. The van der Waals surface area contributed by atoms with Gasteiger partial charge in [-0.15, -0.1) is 0 Å². The van der Waals surface area contributed by atoms with Crippen LogP contribution in [0.4, 0.5) is 0 Å². The summed E-state index contributed by atoms with van der Waals surface area (Å²) in [7, 11) is 1.85. The number of benzene rings is 1. The fourth-order valence-corrected chi connectivity index (χ4v) is 2.91. The Labute approximate surface area is 132 Å². The van der Waals surface area contributed by atoms with Crippen molar-refractivity contribution in [3.63, 3.8) is 0 Å². The number of fused-ring (bicyclic) bond motifs is 1. The first-order chi connectivity index (χ1) is 10.5. The van der Waals surface area contributed by atoms with Crippen molar-refractivity contribution in [2.75, 3.05) is 19.6 Å². The van der Waals surface area contributed by atoms with Gasteiger partial charge in [-0.2, -0.15) is 0 Å². The van der Waals surface area contributed by atoms with Crippen molar-refractivity contribution in [2.45, 2.75) is 38.7 Å². The van der Waals surface area contributed by atoms with E-state index in [1.165, 1.54) is 12.5 Å². The second-order valence-corrected chi connectivity index (χ2v) is 6.18. The summed E-state index contributed by atoms with van der Waals surface area (Å²) < 4.78 is 11.7. The topological polar surface area (TPSA) is 64.8 Å². The molecule has 0 amide bonds. The molecular weight excluding hydrogens is 279 g/mol. The Bertz CT molecular complexity index is 573. The average Bonchev–Trinajstić information content (AvgIpc) is 2.47. The quantitative estimate of drug-likeness (QED) is 0.820. The van der Waals surface area contributed by atoms with Crippen molar-refractivity contribution in [2.24, 2.45) is 5.73 Å². The van der Waals surface area contributed by atoms with Crippen molar-refractivity contribution in [3.05, 3.63) is 23.3 Å². The molecule has 2 aliphatic rings. The molecule has 2 heterocycles. The molecule has 1 radical (unpaired) electrons. The van der Waals surface area contributed by atoms with Crippen LogP contribution in [0, 0.1) is 6.92 Å². The third kappa shape index (κ3) is 3.13. The normalized spacial score (nSPS) is 19.4. The first-order valence-corrected chi connectivity index (χ1v) is 7.80. The molecule has 117 valence electrons. The molecule has 5 nitrogen and oxygen atoms in total. The number of nitrogens with two attached hydrogens (primary N) is 1. The van der Waals surface area contributed by atoms with Crippen LogP contribution in [0.1, 0.15) is 18.1 Å². The first-order valence-electron chi connectivity index (χ1n) is 7.80. The monoisotopic (exact) mass is 301 g/mol.